The molecular formula is C109H150F2N8O13S3Y5-8. The molecule has 1 atom stereocenters. The van der Waals surface area contributed by atoms with Gasteiger partial charge >= 0.3 is 24.1 Å². The van der Waals surface area contributed by atoms with Crippen LogP contribution in [-0.4, -0.2) is 145 Å². The number of nitrogens with zero attached hydrogens (tertiary/aromatic N) is 3. The summed E-state index contributed by atoms with van der Waals surface area (Å²) in [6.45, 7) is 20.7. The quantitative estimate of drug-likeness (QED) is 0.00367. The van der Waals surface area contributed by atoms with Crippen molar-refractivity contribution in [1.82, 2.24) is 15.1 Å². The van der Waals surface area contributed by atoms with Crippen molar-refractivity contribution in [3.05, 3.63) is 357 Å². The standard InChI is InChI=1S/C40H46N2O6S.C35H44NO3S.C16H14O2.C10H22N2OS.C3H6NO.2CH3F.3CH3.2H2N.5Y/c1-39(2,3)48-38(44)41(30-17-24-37(43)47-36-27-25-35(26-28-36)42(45)46)29-15-4-5-16-31-49-40(32-18-9-6-10-19-32,33-20-11-7-12-21-33)34-22-13-8-14-23-34;1-29(37)19-18-27-36(33(38)39-34(2,3)4)26-16-5-6-17-28-40-35(30-20-10-7-11-21-30,31-22-12-8-13-23-31)32-24-14-9-15-25-32;1-11(17)18-10-16-14-8-4-2-6-12(14)13-7-3-5-9-15(13)16;11-10(13)12-8-6-4-2-1-3-5-7-9-14;1-3(4)2-5;2*1-2;;;;;;;;;;/h6-14,18-23,25-28H,4-5,15-17,24,29-31H2,1-3H3;7-15,20-25H,1,5-6,16-19,26-28H2,2-4H3;2-9,16H,10H2,1H3;1-9H2,(H4,11,12,13,14);3H,4H2,1H3;2*1H3;3*1H3;2*1H2;;;;;/q;-1;;;-1;;;5*-1;;;;;/p-1/i;;;;;2*1D;;;;;;;;;;/hD. The second kappa shape index (κ2) is 85.7. The van der Waals surface area contributed by atoms with Crippen molar-refractivity contribution in [3.8, 4) is 16.9 Å². The van der Waals surface area contributed by atoms with Gasteiger partial charge in [0.1, 0.15) is 31.0 Å². The number of Topliss-reactive ketones (excluding diaryl/α,β-unsaturated/α-hetero) is 1. The first-order valence-electron chi connectivity index (χ1n) is 46.4. The van der Waals surface area contributed by atoms with Crippen LogP contribution in [0.15, 0.2) is 255 Å². The van der Waals surface area contributed by atoms with E-state index in [0.29, 0.717) is 58.6 Å². The van der Waals surface area contributed by atoms with Crippen LogP contribution in [0.25, 0.3) is 29.2 Å². The minimum absolute atomic E-state index is 0. The van der Waals surface area contributed by atoms with Crippen LogP contribution in [-0.2, 0) is 206 Å². The average molecular weight is 2360 g/mol. The molecule has 5 radical (unpaired) electrons. The van der Waals surface area contributed by atoms with Crippen molar-refractivity contribution in [3.63, 3.8) is 0 Å². The van der Waals surface area contributed by atoms with Gasteiger partial charge in [0.2, 0.25) is 0 Å². The molecule has 0 spiro atoms. The molecule has 140 heavy (non-hydrogen) atoms. The van der Waals surface area contributed by atoms with Crippen molar-refractivity contribution in [1.29, 1.82) is 0 Å². The Hall–Kier alpha value is -5.35. The molecule has 759 valence electrons. The summed E-state index contributed by atoms with van der Waals surface area (Å²) in [5.74, 6) is 2.60. The average Bonchev–Trinajstić information content (AvgIpc) is 1.76. The number of hydrogen-bond donors (Lipinski definition) is 3. The third kappa shape index (κ3) is 57.1. The number of nitrogens with two attached hydrogens (primary N) is 3. The fourth-order valence-corrected chi connectivity index (χ4v) is 17.8. The molecule has 0 aromatic heterocycles. The van der Waals surface area contributed by atoms with Crippen molar-refractivity contribution < 1.29 is 234 Å². The summed E-state index contributed by atoms with van der Waals surface area (Å²) in [4.78, 5) is 93.8. The molecule has 10 rings (SSSR count). The summed E-state index contributed by atoms with van der Waals surface area (Å²) in [6, 6.07) is 85.4. The Morgan fingerprint density at radius 3 is 1.11 bits per heavy atom. The van der Waals surface area contributed by atoms with Crippen LogP contribution in [0.2, 0.25) is 1.41 Å². The van der Waals surface area contributed by atoms with Gasteiger partial charge in [0.15, 0.2) is 0 Å². The second-order valence-electron chi connectivity index (χ2n) is 32.8. The number of rotatable bonds is 45. The maximum Gasteiger partial charge on any atom is 0.410 e. The SMILES string of the molecule is CC(=O)OCC1c2ccccc2-c2ccccc21.CC(C)(C)OC(=O)N(CCCCCCSC(c1ccccc1)(c1ccccc1)c1ccccc1)CCCC(=O)Oc1ccc([N+](=O)[O-])cc1.[2H]CF.[2H]CF.[2H]NC(C)[C-]=O.[CH2-]C(=O)CCCN(CCCCCCSC(c1ccccc1)(c1ccccc1)c1ccccc1)C(=O)OC(C)(C)C.[CH3-].[CH3-].[CH3-].[NH-]C(=O)NCCCCCCCCCS.[NH2-].[NH2-].[Y].[Y].[Y].[Y].[Y]. The number of nitro benzene ring substituents is 1. The Kier molecular flexibility index (Phi) is 86.3. The van der Waals surface area contributed by atoms with Gasteiger partial charge in [-0.2, -0.15) is 12.6 Å². The molecular weight excluding hydrogens is 2210 g/mol. The fourth-order valence-electron chi connectivity index (χ4n) is 14.4. The summed E-state index contributed by atoms with van der Waals surface area (Å²) in [7, 11) is -2.00. The first kappa shape index (κ1) is 141. The number of thiol groups is 1. The molecule has 9 aromatic rings. The van der Waals surface area contributed by atoms with E-state index >= 15 is 0 Å². The van der Waals surface area contributed by atoms with Gasteiger partial charge in [-0.15, -0.1) is 23.5 Å². The van der Waals surface area contributed by atoms with Crippen molar-refractivity contribution in [2.24, 2.45) is 5.73 Å². The van der Waals surface area contributed by atoms with Gasteiger partial charge in [0, 0.05) is 221 Å². The summed E-state index contributed by atoms with van der Waals surface area (Å²) in [5, 5.41) is 13.3. The number of nitro groups is 1. The van der Waals surface area contributed by atoms with E-state index in [-0.39, 0.29) is 249 Å². The number of halogens is 2. The first-order valence-corrected chi connectivity index (χ1v) is 47.1. The van der Waals surface area contributed by atoms with Crippen molar-refractivity contribution in [2.45, 2.75) is 210 Å². The number of fused-ring (bicyclic) bond motifs is 3. The van der Waals surface area contributed by atoms with Gasteiger partial charge in [-0.3, -0.25) is 33.3 Å². The molecule has 4 amide bonds. The smallest absolute Gasteiger partial charge is 0.410 e. The van der Waals surface area contributed by atoms with E-state index in [2.05, 4.69) is 231 Å². The monoisotopic (exact) mass is 2360 g/mol. The number of esters is 2. The number of amides is 4. The predicted molar refractivity (Wildman–Crippen MR) is 561 cm³/mol. The number of benzene rings is 9. The van der Waals surface area contributed by atoms with Gasteiger partial charge in [-0.1, -0.05) is 314 Å². The Morgan fingerprint density at radius 2 is 0.814 bits per heavy atom. The Morgan fingerprint density at radius 1 is 0.507 bits per heavy atom. The molecule has 1 aliphatic carbocycles. The van der Waals surface area contributed by atoms with Crippen LogP contribution in [0.4, 0.5) is 28.9 Å². The number of thioether (sulfide) groups is 2. The maximum atomic E-state index is 13.0. The number of carbonyl (C=O) groups is 6. The van der Waals surface area contributed by atoms with E-state index in [1.807, 2.05) is 95.1 Å². The Balaban J connectivity index is -0.000000350. The zero-order valence-corrected chi connectivity index (χ0v) is 101. The number of hydrogen-bond acceptors (Lipinski definition) is 17. The fraction of sp³-hybridized carbons (Fsp3) is 0.404. The van der Waals surface area contributed by atoms with Crippen LogP contribution in [0.1, 0.15) is 231 Å². The third-order valence-electron chi connectivity index (χ3n) is 20.4. The number of urea groups is 1. The van der Waals surface area contributed by atoms with Gasteiger partial charge in [-0.05, 0) is 184 Å². The Bertz CT molecular complexity index is 4530. The number of nitrogens with one attached hydrogen (secondary N) is 2. The maximum absolute atomic E-state index is 13.0. The van der Waals surface area contributed by atoms with Crippen molar-refractivity contribution >= 4 is 84.1 Å². The first-order chi connectivity index (χ1) is 64.0. The van der Waals surface area contributed by atoms with E-state index < -0.39 is 54.6 Å². The molecule has 8 N–H and O–H groups in total. The molecule has 0 saturated carbocycles. The van der Waals surface area contributed by atoms with Gasteiger partial charge < -0.3 is 96.6 Å². The minimum Gasteiger partial charge on any atom is -0.693 e. The van der Waals surface area contributed by atoms with E-state index in [0.717, 1.165) is 81.5 Å². The molecule has 0 aliphatic heterocycles. The van der Waals surface area contributed by atoms with Crippen LogP contribution >= 0.6 is 36.2 Å². The summed E-state index contributed by atoms with van der Waals surface area (Å²) in [5.41, 5.74) is 19.9. The van der Waals surface area contributed by atoms with Gasteiger partial charge in [-0.25, -0.2) is 15.9 Å². The van der Waals surface area contributed by atoms with Crippen LogP contribution in [0.5, 0.6) is 5.75 Å². The minimum atomic E-state index is -1.00. The molecule has 21 nitrogen and oxygen atoms in total. The number of ketones is 1. The van der Waals surface area contributed by atoms with Gasteiger partial charge in [0.05, 0.1) is 31.5 Å². The molecule has 0 bridgehead atoms. The number of non-ortho nitro benzene ring substituents is 1. The molecule has 0 heterocycles. The number of carbonyl (C=O) groups excluding carboxylic acids is 7. The zero-order chi connectivity index (χ0) is 97.6. The van der Waals surface area contributed by atoms with E-state index in [1.165, 1.54) is 119 Å². The van der Waals surface area contributed by atoms with Crippen LogP contribution < -0.4 is 15.8 Å². The molecule has 1 aliphatic rings. The second-order valence-corrected chi connectivity index (χ2v) is 35.9. The van der Waals surface area contributed by atoms with Crippen LogP contribution in [0.3, 0.4) is 0 Å². The zero-order valence-electron chi connectivity index (χ0n) is 87.0. The largest absolute Gasteiger partial charge is 0.693 e. The van der Waals surface area contributed by atoms with E-state index in [4.69, 9.17) is 28.8 Å². The summed E-state index contributed by atoms with van der Waals surface area (Å²) >= 11 is 8.11. The topological polar surface area (TPSA) is 335 Å². The number of unbranched alkanes of at least 4 members (excludes halogenated alkanes) is 12. The molecule has 1 unspecified atom stereocenters. The molecule has 31 heteroatoms. The Labute approximate surface area is 981 Å². The van der Waals surface area contributed by atoms with Gasteiger partial charge in [0.25, 0.3) is 5.69 Å². The van der Waals surface area contributed by atoms with Crippen LogP contribution in [0, 0.1) is 39.3 Å². The third-order valence-corrected chi connectivity index (χ3v) is 23.9. The summed E-state index contributed by atoms with van der Waals surface area (Å²) in [6.07, 6.45) is 18.7. The molecule has 9 aromatic carbocycles. The number of ether oxygens (including phenoxy) is 4. The van der Waals surface area contributed by atoms with E-state index in [9.17, 15) is 52.5 Å². The predicted octanol–water partition coefficient (Wildman–Crippen LogP) is 28.7. The van der Waals surface area contributed by atoms with E-state index in [1.54, 1.807) is 23.0 Å². The normalized spacial score (nSPS) is 10.9. The number of alkyl halides is 2. The summed E-state index contributed by atoms with van der Waals surface area (Å²) < 4.78 is 58.4. The molecule has 0 saturated heterocycles. The molecule has 0 fully saturated rings. The van der Waals surface area contributed by atoms with Crippen molar-refractivity contribution in [2.75, 3.05) is 70.9 Å².